The first-order chi connectivity index (χ1) is 25.2. The van der Waals surface area contributed by atoms with Crippen molar-refractivity contribution in [3.05, 3.63) is 126 Å². The highest BCUT2D eigenvalue weighted by molar-refractivity contribution is 5.77. The van der Waals surface area contributed by atoms with Crippen LogP contribution < -0.4 is 5.32 Å². The Labute approximate surface area is 309 Å². The molecule has 6 nitrogen and oxygen atoms in total. The van der Waals surface area contributed by atoms with Gasteiger partial charge in [0.15, 0.2) is 0 Å². The summed E-state index contributed by atoms with van der Waals surface area (Å²) >= 11 is 0. The van der Waals surface area contributed by atoms with Crippen LogP contribution in [0.2, 0.25) is 0 Å². The van der Waals surface area contributed by atoms with Gasteiger partial charge < -0.3 is 5.32 Å². The first-order valence-corrected chi connectivity index (χ1v) is 18.6. The zero-order valence-corrected chi connectivity index (χ0v) is 30.6. The van der Waals surface area contributed by atoms with Crippen LogP contribution in [-0.2, 0) is 4.79 Å². The van der Waals surface area contributed by atoms with Crippen molar-refractivity contribution < 1.29 is 4.79 Å². The van der Waals surface area contributed by atoms with Crippen LogP contribution in [0.4, 0.5) is 0 Å². The molecule has 6 rings (SSSR count). The first kappa shape index (κ1) is 36.5. The maximum atomic E-state index is 13.6. The van der Waals surface area contributed by atoms with Gasteiger partial charge in [-0.05, 0) is 97.6 Å². The number of benzene rings is 2. The van der Waals surface area contributed by atoms with Crippen molar-refractivity contribution in [2.45, 2.75) is 59.4 Å². The number of rotatable bonds is 9. The molecule has 1 unspecified atom stereocenters. The number of nitriles is 2. The van der Waals surface area contributed by atoms with Gasteiger partial charge in [-0.25, -0.2) is 0 Å². The average Bonchev–Trinajstić information content (AvgIpc) is 3.17. The van der Waals surface area contributed by atoms with Crippen LogP contribution in [0.25, 0.3) is 34.4 Å². The second-order valence-corrected chi connectivity index (χ2v) is 15.0. The molecule has 0 bridgehead atoms. The number of aromatic nitrogens is 2. The molecule has 2 saturated carbocycles. The summed E-state index contributed by atoms with van der Waals surface area (Å²) in [5.74, 6) is 2.95. The maximum absolute atomic E-state index is 13.6. The summed E-state index contributed by atoms with van der Waals surface area (Å²) in [5.41, 5.74) is 6.65. The molecular weight excluding hydrogens is 639 g/mol. The normalized spacial score (nSPS) is 26.1. The van der Waals surface area contributed by atoms with Crippen LogP contribution in [0.3, 0.4) is 0 Å². The molecule has 0 aliphatic heterocycles. The SMILES string of the molecule is C[C@H]1[C@H](/C=C/c2ccc(-c3ccccc3C#N)cn2)[C@H](NC(=O)CC2C[C@@H](/C=C/c3ccc(-c4ccccc4C#N)cn3)[C@H](C)[C@@H](C)C2)[CH]C[C@@H]1C. The standard InChI is InChI=1S/C46H48N5O/c1-30-13-22-45(42(33(30)4)21-20-41-19-16-39(29-50-41)44-12-8-6-10-37(44)27-48)51-46(52)25-34-23-31(2)32(3)35(24-34)14-17-40-18-15-38(28-49-40)43-11-7-5-9-36(43)26-47/h5-12,14-22,28-35,42,45H,13,23-25H2,1-4H3,(H,51,52)/b17-14+,21-20+/t30-,31-,32+,33+,34?,35+,42-,45+/m0/s1. The van der Waals surface area contributed by atoms with Crippen LogP contribution in [0.1, 0.15) is 75.9 Å². The largest absolute Gasteiger partial charge is 0.352 e. The Morgan fingerprint density at radius 1 is 0.750 bits per heavy atom. The summed E-state index contributed by atoms with van der Waals surface area (Å²) < 4.78 is 0. The van der Waals surface area contributed by atoms with E-state index < -0.39 is 0 Å². The Balaban J connectivity index is 1.08. The predicted molar refractivity (Wildman–Crippen MR) is 209 cm³/mol. The smallest absolute Gasteiger partial charge is 0.220 e. The molecule has 2 aromatic carbocycles. The molecule has 2 fully saturated rings. The fourth-order valence-corrected chi connectivity index (χ4v) is 8.10. The summed E-state index contributed by atoms with van der Waals surface area (Å²) in [6.07, 6.45) is 18.2. The first-order valence-electron chi connectivity index (χ1n) is 18.6. The number of hydrogen-bond donors (Lipinski definition) is 1. The van der Waals surface area contributed by atoms with Crippen molar-refractivity contribution in [2.24, 2.45) is 41.4 Å². The molecule has 0 saturated heterocycles. The molecule has 1 radical (unpaired) electrons. The van der Waals surface area contributed by atoms with Crippen LogP contribution >= 0.6 is 0 Å². The second-order valence-electron chi connectivity index (χ2n) is 15.0. The highest BCUT2D eigenvalue weighted by Gasteiger charge is 2.36. The summed E-state index contributed by atoms with van der Waals surface area (Å²) in [4.78, 5) is 23.0. The van der Waals surface area contributed by atoms with E-state index in [1.807, 2.05) is 85.2 Å². The van der Waals surface area contributed by atoms with Gasteiger partial charge in [-0.2, -0.15) is 10.5 Å². The highest BCUT2D eigenvalue weighted by Crippen LogP contribution is 2.41. The van der Waals surface area contributed by atoms with E-state index in [4.69, 9.17) is 0 Å². The summed E-state index contributed by atoms with van der Waals surface area (Å²) in [6, 6.07) is 27.7. The van der Waals surface area contributed by atoms with E-state index in [2.05, 4.69) is 85.8 Å². The van der Waals surface area contributed by atoms with E-state index in [1.165, 1.54) is 0 Å². The number of amides is 1. The van der Waals surface area contributed by atoms with Gasteiger partial charge in [0.2, 0.25) is 5.91 Å². The van der Waals surface area contributed by atoms with Crippen molar-refractivity contribution in [3.63, 3.8) is 0 Å². The number of carbonyl (C=O) groups excluding carboxylic acids is 1. The molecule has 52 heavy (non-hydrogen) atoms. The zero-order chi connectivity index (χ0) is 36.6. The number of carbonyl (C=O) groups is 1. The molecule has 0 spiro atoms. The lowest BCUT2D eigenvalue weighted by atomic mass is 9.68. The van der Waals surface area contributed by atoms with Crippen molar-refractivity contribution in [1.82, 2.24) is 15.3 Å². The number of nitrogens with one attached hydrogen (secondary N) is 1. The molecule has 4 aromatic rings. The Kier molecular flexibility index (Phi) is 11.8. The minimum absolute atomic E-state index is 0.0264. The molecule has 2 aromatic heterocycles. The third-order valence-corrected chi connectivity index (χ3v) is 11.7. The van der Waals surface area contributed by atoms with Gasteiger partial charge >= 0.3 is 0 Å². The van der Waals surface area contributed by atoms with E-state index in [1.54, 1.807) is 0 Å². The van der Waals surface area contributed by atoms with Crippen LogP contribution in [-0.4, -0.2) is 21.9 Å². The lowest BCUT2D eigenvalue weighted by molar-refractivity contribution is -0.123. The molecule has 6 heteroatoms. The topological polar surface area (TPSA) is 102 Å². The number of nitrogens with zero attached hydrogens (tertiary/aromatic N) is 4. The third kappa shape index (κ3) is 8.58. The van der Waals surface area contributed by atoms with Crippen molar-refractivity contribution in [1.29, 1.82) is 10.5 Å². The molecule has 263 valence electrons. The molecule has 8 atom stereocenters. The van der Waals surface area contributed by atoms with Gasteiger partial charge in [-0.1, -0.05) is 88.4 Å². The summed E-state index contributed by atoms with van der Waals surface area (Å²) in [5, 5.41) is 22.4. The minimum Gasteiger partial charge on any atom is -0.352 e. The highest BCUT2D eigenvalue weighted by atomic mass is 16.1. The monoisotopic (exact) mass is 686 g/mol. The van der Waals surface area contributed by atoms with Gasteiger partial charge in [-0.3, -0.25) is 14.8 Å². The summed E-state index contributed by atoms with van der Waals surface area (Å²) in [6.45, 7) is 9.22. The van der Waals surface area contributed by atoms with Gasteiger partial charge in [0.1, 0.15) is 0 Å². The van der Waals surface area contributed by atoms with Gasteiger partial charge in [0.05, 0.1) is 34.7 Å². The number of hydrogen-bond acceptors (Lipinski definition) is 5. The Morgan fingerprint density at radius 2 is 1.33 bits per heavy atom. The quantitative estimate of drug-likeness (QED) is 0.189. The fraction of sp³-hybridized carbons (Fsp3) is 0.348. The van der Waals surface area contributed by atoms with Crippen molar-refractivity contribution in [2.75, 3.05) is 0 Å². The van der Waals surface area contributed by atoms with Gasteiger partial charge in [0.25, 0.3) is 0 Å². The molecule has 2 heterocycles. The van der Waals surface area contributed by atoms with E-state index in [9.17, 15) is 15.3 Å². The maximum Gasteiger partial charge on any atom is 0.220 e. The van der Waals surface area contributed by atoms with E-state index in [0.29, 0.717) is 53.1 Å². The molecule has 1 N–H and O–H groups in total. The van der Waals surface area contributed by atoms with Crippen LogP contribution in [0.5, 0.6) is 0 Å². The Morgan fingerprint density at radius 3 is 1.88 bits per heavy atom. The zero-order valence-electron chi connectivity index (χ0n) is 30.6. The minimum atomic E-state index is -0.0264. The fourth-order valence-electron chi connectivity index (χ4n) is 8.10. The predicted octanol–water partition coefficient (Wildman–Crippen LogP) is 9.95. The van der Waals surface area contributed by atoms with E-state index in [-0.39, 0.29) is 17.9 Å². The van der Waals surface area contributed by atoms with E-state index >= 15 is 0 Å². The lowest BCUT2D eigenvalue weighted by Gasteiger charge is -2.40. The van der Waals surface area contributed by atoms with Gasteiger partial charge in [0, 0.05) is 53.0 Å². The van der Waals surface area contributed by atoms with E-state index in [0.717, 1.165) is 52.9 Å². The Bertz CT molecular complexity index is 1980. The third-order valence-electron chi connectivity index (χ3n) is 11.7. The van der Waals surface area contributed by atoms with Crippen molar-refractivity contribution in [3.8, 4) is 34.4 Å². The molecular formula is C46H48N5O. The molecule has 2 aliphatic carbocycles. The number of pyridine rings is 2. The summed E-state index contributed by atoms with van der Waals surface area (Å²) in [7, 11) is 0. The molecule has 2 aliphatic rings. The van der Waals surface area contributed by atoms with Gasteiger partial charge in [-0.15, -0.1) is 0 Å². The van der Waals surface area contributed by atoms with Crippen LogP contribution in [0, 0.1) is 70.5 Å². The molecule has 1 amide bonds. The number of allylic oxidation sites excluding steroid dienone is 1. The average molecular weight is 687 g/mol. The lowest BCUT2D eigenvalue weighted by Crippen LogP contribution is -2.47. The van der Waals surface area contributed by atoms with Crippen LogP contribution in [0.15, 0.2) is 97.3 Å². The Hall–Kier alpha value is -5.33. The van der Waals surface area contributed by atoms with Crippen molar-refractivity contribution >= 4 is 18.1 Å². The second kappa shape index (κ2) is 16.8.